The monoisotopic (exact) mass is 367 g/mol. The third kappa shape index (κ3) is 3.30. The van der Waals surface area contributed by atoms with Gasteiger partial charge in [-0.25, -0.2) is 8.42 Å². The van der Waals surface area contributed by atoms with Crippen molar-refractivity contribution in [2.24, 2.45) is 4.99 Å². The molecule has 0 spiro atoms. The largest absolute Gasteiger partial charge is 0.378 e. The highest BCUT2D eigenvalue weighted by Gasteiger charge is 2.49. The van der Waals surface area contributed by atoms with Crippen LogP contribution in [0, 0.1) is 0 Å². The van der Waals surface area contributed by atoms with Crippen molar-refractivity contribution >= 4 is 44.0 Å². The lowest BCUT2D eigenvalue weighted by Gasteiger charge is -2.25. The molecule has 0 aromatic heterocycles. The van der Waals surface area contributed by atoms with Crippen molar-refractivity contribution in [3.8, 4) is 0 Å². The van der Waals surface area contributed by atoms with Gasteiger partial charge in [-0.05, 0) is 24.3 Å². The highest BCUT2D eigenvalue weighted by molar-refractivity contribution is 8.16. The number of fused-ring (bicyclic) bond motifs is 1. The average molecular weight is 367 g/mol. The zero-order valence-corrected chi connectivity index (χ0v) is 15.6. The van der Waals surface area contributed by atoms with E-state index in [0.717, 1.165) is 11.4 Å². The highest BCUT2D eigenvalue weighted by Crippen LogP contribution is 2.41. The smallest absolute Gasteiger partial charge is 0.247 e. The molecule has 8 heteroatoms. The standard InChI is InChI=1S/C16H21N3O3S2/c1-4-15(20)17-16-19(12-7-5-11(6-8-12)18(2)3)13-9-24(21,22)10-14(13)23-16/h5-8,13-14H,4,9-10H2,1-3H3. The predicted molar refractivity (Wildman–Crippen MR) is 99.8 cm³/mol. The molecule has 6 nitrogen and oxygen atoms in total. The molecule has 0 N–H and O–H groups in total. The van der Waals surface area contributed by atoms with Crippen LogP contribution in [0.5, 0.6) is 0 Å². The molecule has 2 saturated heterocycles. The third-order valence-electron chi connectivity index (χ3n) is 4.23. The van der Waals surface area contributed by atoms with Crippen molar-refractivity contribution in [1.29, 1.82) is 0 Å². The highest BCUT2D eigenvalue weighted by atomic mass is 32.2. The van der Waals surface area contributed by atoms with Gasteiger partial charge in [-0.2, -0.15) is 4.99 Å². The van der Waals surface area contributed by atoms with Crippen LogP contribution in [0.25, 0.3) is 0 Å². The van der Waals surface area contributed by atoms with Gasteiger partial charge in [0, 0.05) is 37.1 Å². The van der Waals surface area contributed by atoms with Crippen LogP contribution < -0.4 is 9.80 Å². The summed E-state index contributed by atoms with van der Waals surface area (Å²) in [7, 11) is 0.895. The Balaban J connectivity index is 1.98. The van der Waals surface area contributed by atoms with Gasteiger partial charge in [0.05, 0.1) is 17.5 Å². The SMILES string of the molecule is CCC(=O)N=C1SC2CS(=O)(=O)CC2N1c1ccc(N(C)C)cc1. The zero-order valence-electron chi connectivity index (χ0n) is 14.0. The number of rotatable bonds is 3. The second kappa shape index (κ2) is 6.40. The summed E-state index contributed by atoms with van der Waals surface area (Å²) in [6.45, 7) is 1.77. The number of carbonyl (C=O) groups excluding carboxylic acids is 1. The molecule has 1 aromatic rings. The number of hydrogen-bond acceptors (Lipinski definition) is 5. The first-order valence-electron chi connectivity index (χ1n) is 7.86. The Bertz CT molecular complexity index is 772. The van der Waals surface area contributed by atoms with E-state index in [1.165, 1.54) is 11.8 Å². The molecule has 1 aromatic carbocycles. The van der Waals surface area contributed by atoms with E-state index in [2.05, 4.69) is 4.99 Å². The Hall–Kier alpha value is -1.54. The second-order valence-electron chi connectivity index (χ2n) is 6.22. The summed E-state index contributed by atoms with van der Waals surface area (Å²) in [4.78, 5) is 19.9. The van der Waals surface area contributed by atoms with Gasteiger partial charge in [-0.15, -0.1) is 0 Å². The van der Waals surface area contributed by atoms with Crippen LogP contribution in [0.3, 0.4) is 0 Å². The van der Waals surface area contributed by atoms with Gasteiger partial charge in [0.15, 0.2) is 15.0 Å². The molecule has 2 heterocycles. The average Bonchev–Trinajstić information content (AvgIpc) is 2.98. The molecule has 2 aliphatic heterocycles. The van der Waals surface area contributed by atoms with Gasteiger partial charge in [0.1, 0.15) is 0 Å². The van der Waals surface area contributed by atoms with Gasteiger partial charge in [-0.1, -0.05) is 18.7 Å². The molecular formula is C16H21N3O3S2. The van der Waals surface area contributed by atoms with Crippen LogP contribution in [-0.4, -0.2) is 56.4 Å². The quantitative estimate of drug-likeness (QED) is 0.811. The predicted octanol–water partition coefficient (Wildman–Crippen LogP) is 1.76. The number of carbonyl (C=O) groups is 1. The third-order valence-corrected chi connectivity index (χ3v) is 7.44. The fraction of sp³-hybridized carbons (Fsp3) is 0.500. The zero-order chi connectivity index (χ0) is 17.5. The Labute approximate surface area is 146 Å². The van der Waals surface area contributed by atoms with E-state index in [0.29, 0.717) is 11.6 Å². The minimum Gasteiger partial charge on any atom is -0.378 e. The Morgan fingerprint density at radius 2 is 1.96 bits per heavy atom. The van der Waals surface area contributed by atoms with Crippen molar-refractivity contribution in [2.75, 3.05) is 35.4 Å². The molecule has 2 aliphatic rings. The Morgan fingerprint density at radius 1 is 1.29 bits per heavy atom. The van der Waals surface area contributed by atoms with E-state index < -0.39 is 9.84 Å². The number of amidine groups is 1. The lowest BCUT2D eigenvalue weighted by molar-refractivity contribution is -0.117. The van der Waals surface area contributed by atoms with E-state index >= 15 is 0 Å². The van der Waals surface area contributed by atoms with Crippen LogP contribution in [0.15, 0.2) is 29.3 Å². The molecule has 2 fully saturated rings. The molecule has 0 saturated carbocycles. The van der Waals surface area contributed by atoms with Crippen LogP contribution >= 0.6 is 11.8 Å². The van der Waals surface area contributed by atoms with Gasteiger partial charge < -0.3 is 9.80 Å². The van der Waals surface area contributed by atoms with Crippen molar-refractivity contribution in [3.05, 3.63) is 24.3 Å². The molecule has 2 atom stereocenters. The van der Waals surface area contributed by atoms with Gasteiger partial charge in [-0.3, -0.25) is 4.79 Å². The number of benzene rings is 1. The molecule has 1 amide bonds. The maximum absolute atomic E-state index is 12.0. The first-order valence-corrected chi connectivity index (χ1v) is 10.6. The molecule has 130 valence electrons. The van der Waals surface area contributed by atoms with Gasteiger partial charge in [0.25, 0.3) is 0 Å². The molecule has 24 heavy (non-hydrogen) atoms. The van der Waals surface area contributed by atoms with E-state index in [1.807, 2.05) is 48.2 Å². The summed E-state index contributed by atoms with van der Waals surface area (Å²) in [5.74, 6) is 0.0724. The summed E-state index contributed by atoms with van der Waals surface area (Å²) in [6.07, 6.45) is 0.338. The van der Waals surface area contributed by atoms with Crippen molar-refractivity contribution in [2.45, 2.75) is 24.6 Å². The number of sulfone groups is 1. The van der Waals surface area contributed by atoms with E-state index in [4.69, 9.17) is 0 Å². The van der Waals surface area contributed by atoms with Crippen LogP contribution in [0.4, 0.5) is 11.4 Å². The van der Waals surface area contributed by atoms with Crippen molar-refractivity contribution < 1.29 is 13.2 Å². The Morgan fingerprint density at radius 3 is 2.54 bits per heavy atom. The molecule has 0 aliphatic carbocycles. The minimum absolute atomic E-state index is 0.0630. The molecule has 3 rings (SSSR count). The van der Waals surface area contributed by atoms with E-state index in [1.54, 1.807) is 6.92 Å². The summed E-state index contributed by atoms with van der Waals surface area (Å²) < 4.78 is 24.0. The molecule has 0 bridgehead atoms. The first kappa shape index (κ1) is 17.3. The first-order chi connectivity index (χ1) is 11.3. The number of thioether (sulfide) groups is 1. The fourth-order valence-electron chi connectivity index (χ4n) is 2.96. The number of amides is 1. The summed E-state index contributed by atoms with van der Waals surface area (Å²) in [5, 5.41) is 0.552. The molecule has 0 radical (unpaired) electrons. The summed E-state index contributed by atoms with van der Waals surface area (Å²) >= 11 is 1.41. The maximum Gasteiger partial charge on any atom is 0.247 e. The lowest BCUT2D eigenvalue weighted by atomic mass is 10.2. The molecule has 2 unspecified atom stereocenters. The second-order valence-corrected chi connectivity index (χ2v) is 9.58. The number of nitrogens with zero attached hydrogens (tertiary/aromatic N) is 3. The number of hydrogen-bond donors (Lipinski definition) is 0. The fourth-order valence-corrected chi connectivity index (χ4v) is 6.89. The normalized spacial score (nSPS) is 26.6. The molecular weight excluding hydrogens is 346 g/mol. The topological polar surface area (TPSA) is 70.0 Å². The lowest BCUT2D eigenvalue weighted by Crippen LogP contribution is -2.37. The van der Waals surface area contributed by atoms with Crippen molar-refractivity contribution in [1.82, 2.24) is 0 Å². The number of anilines is 2. The summed E-state index contributed by atoms with van der Waals surface area (Å²) in [6, 6.07) is 7.71. The van der Waals surface area contributed by atoms with Crippen LogP contribution in [0.1, 0.15) is 13.3 Å². The van der Waals surface area contributed by atoms with Crippen LogP contribution in [-0.2, 0) is 14.6 Å². The van der Waals surface area contributed by atoms with E-state index in [9.17, 15) is 13.2 Å². The number of aliphatic imine (C=N–C) groups is 1. The van der Waals surface area contributed by atoms with Gasteiger partial charge >= 0.3 is 0 Å². The summed E-state index contributed by atoms with van der Waals surface area (Å²) in [5.41, 5.74) is 1.93. The minimum atomic E-state index is -3.04. The van der Waals surface area contributed by atoms with Crippen LogP contribution in [0.2, 0.25) is 0 Å². The Kier molecular flexibility index (Phi) is 4.61. The van der Waals surface area contributed by atoms with Crippen molar-refractivity contribution in [3.63, 3.8) is 0 Å². The maximum atomic E-state index is 12.0. The van der Waals surface area contributed by atoms with E-state index in [-0.39, 0.29) is 28.7 Å². The van der Waals surface area contributed by atoms with Gasteiger partial charge in [0.2, 0.25) is 5.91 Å².